The van der Waals surface area contributed by atoms with Crippen LogP contribution in [0.4, 0.5) is 0 Å². The molecule has 0 aliphatic rings. The van der Waals surface area contributed by atoms with E-state index in [2.05, 4.69) is 0 Å². The van der Waals surface area contributed by atoms with E-state index in [4.69, 9.17) is 16.3 Å². The predicted molar refractivity (Wildman–Crippen MR) is 133 cm³/mol. The number of para-hydroxylation sites is 1. The summed E-state index contributed by atoms with van der Waals surface area (Å²) in [5, 5.41) is 1.08. The van der Waals surface area contributed by atoms with Crippen molar-refractivity contribution >= 4 is 60.0 Å². The molecule has 0 aliphatic carbocycles. The Morgan fingerprint density at radius 1 is 1.03 bits per heavy atom. The lowest BCUT2D eigenvalue weighted by atomic mass is 10.2. The minimum absolute atomic E-state index is 0.0112. The van der Waals surface area contributed by atoms with E-state index in [0.29, 0.717) is 32.7 Å². The minimum Gasteiger partial charge on any atom is -0.465 e. The third kappa shape index (κ3) is 3.71. The zero-order valence-corrected chi connectivity index (χ0v) is 20.2. The standard InChI is InChI=1S/C24H17ClN2O5S2/c1-32-23(28)19-14-27(20-5-3-2-4-18(19)20)34(30,31)17-10-11-21-22(12-17)33-24(29)26(21)13-15-6-8-16(25)9-7-15/h2-12,14H,13H2,1H3. The fraction of sp³-hybridized carbons (Fsp3) is 0.0833. The monoisotopic (exact) mass is 512 g/mol. The van der Waals surface area contributed by atoms with Crippen LogP contribution in [-0.4, -0.2) is 30.0 Å². The number of carbonyl (C=O) groups excluding carboxylic acids is 1. The van der Waals surface area contributed by atoms with Crippen LogP contribution < -0.4 is 4.87 Å². The number of benzene rings is 3. The SMILES string of the molecule is COC(=O)c1cn(S(=O)(=O)c2ccc3c(c2)sc(=O)n3Cc2ccc(Cl)cc2)c2ccccc12. The number of hydrogen-bond donors (Lipinski definition) is 0. The summed E-state index contributed by atoms with van der Waals surface area (Å²) >= 11 is 6.92. The third-order valence-corrected chi connectivity index (χ3v) is 8.40. The van der Waals surface area contributed by atoms with Gasteiger partial charge in [0.15, 0.2) is 0 Å². The van der Waals surface area contributed by atoms with Crippen molar-refractivity contribution in [2.24, 2.45) is 0 Å². The zero-order valence-electron chi connectivity index (χ0n) is 17.8. The van der Waals surface area contributed by atoms with E-state index >= 15 is 0 Å². The van der Waals surface area contributed by atoms with Gasteiger partial charge in [0.05, 0.1) is 39.8 Å². The molecule has 5 rings (SSSR count). The molecule has 3 aromatic carbocycles. The molecule has 34 heavy (non-hydrogen) atoms. The number of esters is 1. The smallest absolute Gasteiger partial charge is 0.340 e. The molecule has 0 atom stereocenters. The van der Waals surface area contributed by atoms with Gasteiger partial charge in [-0.25, -0.2) is 17.2 Å². The molecular formula is C24H17ClN2O5S2. The lowest BCUT2D eigenvalue weighted by molar-refractivity contribution is 0.0603. The van der Waals surface area contributed by atoms with Gasteiger partial charge in [-0.05, 0) is 42.0 Å². The van der Waals surface area contributed by atoms with E-state index in [9.17, 15) is 18.0 Å². The Balaban J connectivity index is 1.61. The number of carbonyl (C=O) groups is 1. The Hall–Kier alpha value is -3.40. The van der Waals surface area contributed by atoms with Crippen LogP contribution in [0.25, 0.3) is 21.1 Å². The molecule has 0 bridgehead atoms. The van der Waals surface area contributed by atoms with E-state index in [0.717, 1.165) is 20.9 Å². The topological polar surface area (TPSA) is 87.4 Å². The van der Waals surface area contributed by atoms with E-state index in [1.807, 2.05) is 12.1 Å². The summed E-state index contributed by atoms with van der Waals surface area (Å²) in [6.07, 6.45) is 1.27. The van der Waals surface area contributed by atoms with E-state index in [-0.39, 0.29) is 15.3 Å². The van der Waals surface area contributed by atoms with Crippen LogP contribution >= 0.6 is 22.9 Å². The fourth-order valence-corrected chi connectivity index (χ4v) is 6.39. The number of methoxy groups -OCH3 is 1. The van der Waals surface area contributed by atoms with Gasteiger partial charge in [-0.15, -0.1) is 0 Å². The predicted octanol–water partition coefficient (Wildman–Crippen LogP) is 4.74. The quantitative estimate of drug-likeness (QED) is 0.317. The van der Waals surface area contributed by atoms with Crippen LogP contribution in [0, 0.1) is 0 Å². The van der Waals surface area contributed by atoms with E-state index < -0.39 is 16.0 Å². The minimum atomic E-state index is -4.06. The van der Waals surface area contributed by atoms with Crippen LogP contribution in [0.5, 0.6) is 0 Å². The first-order valence-electron chi connectivity index (χ1n) is 10.1. The maximum Gasteiger partial charge on any atom is 0.340 e. The van der Waals surface area contributed by atoms with Gasteiger partial charge in [-0.2, -0.15) is 0 Å². The first kappa shape index (κ1) is 22.4. The molecule has 7 nitrogen and oxygen atoms in total. The van der Waals surface area contributed by atoms with Crippen LogP contribution in [0.2, 0.25) is 5.02 Å². The fourth-order valence-electron chi connectivity index (χ4n) is 3.86. The normalized spacial score (nSPS) is 11.8. The lowest BCUT2D eigenvalue weighted by Gasteiger charge is -2.09. The molecule has 0 unspecified atom stereocenters. The first-order chi connectivity index (χ1) is 16.3. The number of rotatable bonds is 5. The Bertz CT molecular complexity index is 1730. The summed E-state index contributed by atoms with van der Waals surface area (Å²) in [5.74, 6) is -0.627. The van der Waals surface area contributed by atoms with E-state index in [1.54, 1.807) is 47.0 Å². The van der Waals surface area contributed by atoms with Crippen LogP contribution in [0.3, 0.4) is 0 Å². The summed E-state index contributed by atoms with van der Waals surface area (Å²) in [6, 6.07) is 18.5. The largest absolute Gasteiger partial charge is 0.465 e. The average Bonchev–Trinajstić information content (AvgIpc) is 3.38. The lowest BCUT2D eigenvalue weighted by Crippen LogP contribution is -2.14. The summed E-state index contributed by atoms with van der Waals surface area (Å²) in [5.41, 5.74) is 2.05. The molecule has 0 saturated carbocycles. The number of aromatic nitrogens is 2. The summed E-state index contributed by atoms with van der Waals surface area (Å²) in [4.78, 5) is 24.7. The van der Waals surface area contributed by atoms with Crippen LogP contribution in [0.15, 0.2) is 82.6 Å². The number of ether oxygens (including phenoxy) is 1. The highest BCUT2D eigenvalue weighted by molar-refractivity contribution is 7.90. The van der Waals surface area contributed by atoms with Gasteiger partial charge in [0.25, 0.3) is 10.0 Å². The molecule has 0 amide bonds. The van der Waals surface area contributed by atoms with Gasteiger partial charge in [0.1, 0.15) is 0 Å². The number of nitrogens with zero attached hydrogens (tertiary/aromatic N) is 2. The van der Waals surface area contributed by atoms with Crippen molar-refractivity contribution in [3.05, 3.63) is 98.7 Å². The molecule has 172 valence electrons. The van der Waals surface area contributed by atoms with Crippen molar-refractivity contribution in [2.75, 3.05) is 7.11 Å². The number of halogens is 1. The van der Waals surface area contributed by atoms with Gasteiger partial charge in [0, 0.05) is 16.6 Å². The first-order valence-corrected chi connectivity index (χ1v) is 12.7. The third-order valence-electron chi connectivity index (χ3n) is 5.53. The maximum atomic E-state index is 13.5. The van der Waals surface area contributed by atoms with Gasteiger partial charge in [-0.1, -0.05) is 53.3 Å². The van der Waals surface area contributed by atoms with Gasteiger partial charge < -0.3 is 4.74 Å². The van der Waals surface area contributed by atoms with Gasteiger partial charge >= 0.3 is 10.8 Å². The Morgan fingerprint density at radius 2 is 1.76 bits per heavy atom. The molecule has 0 fully saturated rings. The Morgan fingerprint density at radius 3 is 2.50 bits per heavy atom. The number of thiazole rings is 1. The molecule has 0 spiro atoms. The highest BCUT2D eigenvalue weighted by Gasteiger charge is 2.25. The zero-order chi connectivity index (χ0) is 24.0. The van der Waals surface area contributed by atoms with Crippen molar-refractivity contribution in [2.45, 2.75) is 11.4 Å². The van der Waals surface area contributed by atoms with Crippen LogP contribution in [-0.2, 0) is 21.3 Å². The molecule has 2 aromatic heterocycles. The molecule has 2 heterocycles. The second-order valence-corrected chi connectivity index (χ2v) is 10.8. The number of hydrogen-bond acceptors (Lipinski definition) is 6. The summed E-state index contributed by atoms with van der Waals surface area (Å²) < 4.78 is 35.1. The second-order valence-electron chi connectivity index (χ2n) is 7.56. The maximum absolute atomic E-state index is 13.5. The molecule has 0 radical (unpaired) electrons. The second kappa shape index (κ2) is 8.43. The van der Waals surface area contributed by atoms with E-state index in [1.165, 1.54) is 25.4 Å². The molecule has 5 aromatic rings. The van der Waals surface area contributed by atoms with Crippen LogP contribution in [0.1, 0.15) is 15.9 Å². The highest BCUT2D eigenvalue weighted by atomic mass is 35.5. The molecular weight excluding hydrogens is 496 g/mol. The van der Waals surface area contributed by atoms with Crippen molar-refractivity contribution in [3.63, 3.8) is 0 Å². The van der Waals surface area contributed by atoms with Crippen molar-refractivity contribution < 1.29 is 17.9 Å². The number of fused-ring (bicyclic) bond motifs is 2. The van der Waals surface area contributed by atoms with Crippen molar-refractivity contribution in [3.8, 4) is 0 Å². The molecule has 0 aliphatic heterocycles. The Labute approximate surface area is 203 Å². The summed E-state index contributed by atoms with van der Waals surface area (Å²) in [7, 11) is -2.81. The molecule has 0 saturated heterocycles. The molecule has 0 N–H and O–H groups in total. The Kier molecular flexibility index (Phi) is 5.55. The van der Waals surface area contributed by atoms with Crippen molar-refractivity contribution in [1.82, 2.24) is 8.54 Å². The molecule has 10 heteroatoms. The summed E-state index contributed by atoms with van der Waals surface area (Å²) in [6.45, 7) is 0.340. The van der Waals surface area contributed by atoms with Crippen molar-refractivity contribution in [1.29, 1.82) is 0 Å². The van der Waals surface area contributed by atoms with Gasteiger partial charge in [0.2, 0.25) is 0 Å². The highest BCUT2D eigenvalue weighted by Crippen LogP contribution is 2.29. The average molecular weight is 513 g/mol. The van der Waals surface area contributed by atoms with Gasteiger partial charge in [-0.3, -0.25) is 9.36 Å².